The van der Waals surface area contributed by atoms with Gasteiger partial charge in [-0.05, 0) is 0 Å². The Morgan fingerprint density at radius 3 is 2.60 bits per heavy atom. The molecule has 0 amide bonds. The molecule has 0 saturated heterocycles. The Kier molecular flexibility index (Phi) is 3.52. The van der Waals surface area contributed by atoms with Crippen molar-refractivity contribution in [3.8, 4) is 0 Å². The average molecular weight is 168 g/mol. The summed E-state index contributed by atoms with van der Waals surface area (Å²) in [7, 11) is -3.54. The molecule has 60 valence electrons. The zero-order valence-electron chi connectivity index (χ0n) is 5.27. The van der Waals surface area contributed by atoms with Crippen LogP contribution >= 0.6 is 7.82 Å². The minimum absolute atomic E-state index is 0.490. The van der Waals surface area contributed by atoms with Crippen LogP contribution in [0.2, 0.25) is 0 Å². The Balaban J connectivity index is 3.89. The van der Waals surface area contributed by atoms with E-state index in [9.17, 15) is 14.3 Å². The van der Waals surface area contributed by atoms with Gasteiger partial charge in [-0.2, -0.15) is 0 Å². The van der Waals surface area contributed by atoms with Crippen LogP contribution in [-0.2, 0) is 18.4 Å². The van der Waals surface area contributed by atoms with Gasteiger partial charge in [0.25, 0.3) is 0 Å². The summed E-state index contributed by atoms with van der Waals surface area (Å²) >= 11 is 0. The smallest absolute Gasteiger partial charge is 0.325 e. The van der Waals surface area contributed by atoms with Crippen molar-refractivity contribution in [2.24, 2.45) is 5.73 Å². The molecule has 0 aliphatic carbocycles. The molecule has 2 N–H and O–H groups in total. The van der Waals surface area contributed by atoms with Gasteiger partial charge in [-0.3, -0.25) is 9.36 Å². The minimum atomic E-state index is -4.43. The van der Waals surface area contributed by atoms with E-state index in [0.717, 1.165) is 7.11 Å². The number of hydrogen-bond acceptors (Lipinski definition) is 6. The Bertz CT molecular complexity index is 168. The van der Waals surface area contributed by atoms with Crippen LogP contribution < -0.4 is 10.6 Å². The van der Waals surface area contributed by atoms with Gasteiger partial charge in [0, 0.05) is 7.11 Å². The van der Waals surface area contributed by atoms with Crippen molar-refractivity contribution in [1.82, 2.24) is 0 Å². The lowest BCUT2D eigenvalue weighted by atomic mass is 10.7. The summed E-state index contributed by atoms with van der Waals surface area (Å²) in [5.41, 5.74) is 4.74. The van der Waals surface area contributed by atoms with Crippen LogP contribution in [0.15, 0.2) is 0 Å². The number of rotatable bonds is 3. The summed E-state index contributed by atoms with van der Waals surface area (Å²) in [6.45, 7) is -0.490. The Hall–Kier alpha value is -0.420. The fourth-order valence-electron chi connectivity index (χ4n) is 0.199. The van der Waals surface area contributed by atoms with Crippen molar-refractivity contribution < 1.29 is 23.3 Å². The fourth-order valence-corrected chi connectivity index (χ4v) is 0.598. The Labute approximate surface area is 57.5 Å². The highest BCUT2D eigenvalue weighted by Gasteiger charge is 2.11. The predicted octanol–water partition coefficient (Wildman–Crippen LogP) is -1.40. The Morgan fingerprint density at radius 1 is 1.80 bits per heavy atom. The van der Waals surface area contributed by atoms with E-state index in [1.807, 2.05) is 0 Å². The lowest BCUT2D eigenvalue weighted by Crippen LogP contribution is -2.19. The quantitative estimate of drug-likeness (QED) is 0.520. The summed E-state index contributed by atoms with van der Waals surface area (Å²) in [6, 6.07) is 0. The van der Waals surface area contributed by atoms with Crippen LogP contribution in [0, 0.1) is 0 Å². The number of phosphoric acid groups is 1. The second kappa shape index (κ2) is 3.68. The number of hydrogen-bond donors (Lipinski definition) is 1. The molecule has 0 saturated carbocycles. The molecule has 6 nitrogen and oxygen atoms in total. The van der Waals surface area contributed by atoms with E-state index in [1.54, 1.807) is 0 Å². The average Bonchev–Trinajstić information content (AvgIpc) is 1.87. The van der Waals surface area contributed by atoms with Gasteiger partial charge < -0.3 is 19.7 Å². The molecule has 0 rings (SSSR count). The Morgan fingerprint density at radius 2 is 2.30 bits per heavy atom. The van der Waals surface area contributed by atoms with E-state index in [4.69, 9.17) is 5.73 Å². The molecule has 0 radical (unpaired) electrons. The zero-order valence-corrected chi connectivity index (χ0v) is 6.17. The van der Waals surface area contributed by atoms with E-state index in [0.29, 0.717) is 0 Å². The first kappa shape index (κ1) is 9.58. The SMILES string of the molecule is COP(=O)([O-])OC(=O)CN. The summed E-state index contributed by atoms with van der Waals surface area (Å²) in [4.78, 5) is 20.5. The molecule has 0 aliphatic heterocycles. The standard InChI is InChI=1S/C3H8NO5P/c1-8-10(6,7)9-3(5)2-4/h2,4H2,1H3,(H,6,7)/p-1. The van der Waals surface area contributed by atoms with Gasteiger partial charge in [-0.25, -0.2) is 0 Å². The first-order valence-electron chi connectivity index (χ1n) is 2.31. The van der Waals surface area contributed by atoms with Crippen molar-refractivity contribution in [3.63, 3.8) is 0 Å². The van der Waals surface area contributed by atoms with Gasteiger partial charge in [0.2, 0.25) is 0 Å². The van der Waals surface area contributed by atoms with Crippen molar-refractivity contribution in [2.45, 2.75) is 0 Å². The molecule has 1 unspecified atom stereocenters. The first-order chi connectivity index (χ1) is 4.52. The molecular formula is C3H7NO5P-. The molecule has 1 atom stereocenters. The summed E-state index contributed by atoms with van der Waals surface area (Å²) in [5.74, 6) is -1.04. The van der Waals surface area contributed by atoms with Gasteiger partial charge >= 0.3 is 13.8 Å². The molecule has 0 bridgehead atoms. The van der Waals surface area contributed by atoms with Gasteiger partial charge in [0.15, 0.2) is 0 Å². The molecule has 10 heavy (non-hydrogen) atoms. The summed E-state index contributed by atoms with van der Waals surface area (Å²) in [5, 5.41) is 0. The molecular weight excluding hydrogens is 161 g/mol. The van der Waals surface area contributed by atoms with Gasteiger partial charge in [0.1, 0.15) is 0 Å². The monoisotopic (exact) mass is 168 g/mol. The number of nitrogens with two attached hydrogens (primary N) is 1. The van der Waals surface area contributed by atoms with E-state index in [1.165, 1.54) is 0 Å². The molecule has 7 heteroatoms. The molecule has 0 aromatic heterocycles. The molecule has 0 aromatic rings. The highest BCUT2D eigenvalue weighted by Crippen LogP contribution is 2.36. The van der Waals surface area contributed by atoms with Gasteiger partial charge in [-0.1, -0.05) is 0 Å². The van der Waals surface area contributed by atoms with Crippen LogP contribution in [-0.4, -0.2) is 19.6 Å². The van der Waals surface area contributed by atoms with Crippen LogP contribution in [0.1, 0.15) is 0 Å². The third-order valence-electron chi connectivity index (χ3n) is 0.604. The predicted molar refractivity (Wildman–Crippen MR) is 29.8 cm³/mol. The van der Waals surface area contributed by atoms with Crippen molar-refractivity contribution in [2.75, 3.05) is 13.7 Å². The maximum atomic E-state index is 10.3. The third kappa shape index (κ3) is 3.58. The highest BCUT2D eigenvalue weighted by molar-refractivity contribution is 7.46. The minimum Gasteiger partial charge on any atom is -0.746 e. The maximum Gasteiger partial charge on any atom is 0.325 e. The lowest BCUT2D eigenvalue weighted by molar-refractivity contribution is -0.222. The van der Waals surface area contributed by atoms with E-state index >= 15 is 0 Å². The van der Waals surface area contributed by atoms with E-state index in [2.05, 4.69) is 9.05 Å². The highest BCUT2D eigenvalue weighted by atomic mass is 31.2. The number of phosphoric ester groups is 1. The van der Waals surface area contributed by atoms with Crippen LogP contribution in [0.5, 0.6) is 0 Å². The van der Waals surface area contributed by atoms with Crippen LogP contribution in [0.4, 0.5) is 0 Å². The molecule has 0 aliphatic rings. The normalized spacial score (nSPS) is 15.9. The summed E-state index contributed by atoms with van der Waals surface area (Å²) in [6.07, 6.45) is 0. The second-order valence-electron chi connectivity index (χ2n) is 1.30. The molecule has 0 heterocycles. The number of carbonyl (C=O) groups excluding carboxylic acids is 1. The van der Waals surface area contributed by atoms with Crippen molar-refractivity contribution >= 4 is 13.8 Å². The summed E-state index contributed by atoms with van der Waals surface area (Å²) < 4.78 is 17.8. The maximum absolute atomic E-state index is 10.3. The first-order valence-corrected chi connectivity index (χ1v) is 3.77. The molecule has 0 aromatic carbocycles. The number of carbonyl (C=O) groups is 1. The van der Waals surface area contributed by atoms with Gasteiger partial charge in [-0.15, -0.1) is 0 Å². The fraction of sp³-hybridized carbons (Fsp3) is 0.667. The lowest BCUT2D eigenvalue weighted by Gasteiger charge is -2.18. The largest absolute Gasteiger partial charge is 0.746 e. The van der Waals surface area contributed by atoms with Gasteiger partial charge in [0.05, 0.1) is 6.54 Å². The third-order valence-corrected chi connectivity index (χ3v) is 1.48. The zero-order chi connectivity index (χ0) is 8.20. The van der Waals surface area contributed by atoms with Crippen LogP contribution in [0.25, 0.3) is 0 Å². The van der Waals surface area contributed by atoms with E-state index in [-0.39, 0.29) is 0 Å². The van der Waals surface area contributed by atoms with Crippen molar-refractivity contribution in [3.05, 3.63) is 0 Å². The second-order valence-corrected chi connectivity index (χ2v) is 2.74. The molecule has 0 fully saturated rings. The van der Waals surface area contributed by atoms with E-state index < -0.39 is 20.3 Å². The topological polar surface area (TPSA) is 102 Å². The molecule has 0 spiro atoms. The van der Waals surface area contributed by atoms with Crippen molar-refractivity contribution in [1.29, 1.82) is 0 Å². The van der Waals surface area contributed by atoms with Crippen LogP contribution in [0.3, 0.4) is 0 Å².